The van der Waals surface area contributed by atoms with Crippen LogP contribution < -0.4 is 5.73 Å². The normalized spacial score (nSPS) is 10.6. The van der Waals surface area contributed by atoms with Crippen molar-refractivity contribution < 1.29 is 4.79 Å². The maximum Gasteiger partial charge on any atom is 0.221 e. The molecule has 3 nitrogen and oxygen atoms in total. The van der Waals surface area contributed by atoms with E-state index in [1.807, 2.05) is 31.2 Å². The maximum atomic E-state index is 10.8. The van der Waals surface area contributed by atoms with Gasteiger partial charge in [-0.2, -0.15) is 0 Å². The number of nitrogens with zero attached hydrogens (tertiary/aromatic N) is 1. The van der Waals surface area contributed by atoms with Crippen LogP contribution in [0.25, 0.3) is 10.9 Å². The van der Waals surface area contributed by atoms with Gasteiger partial charge < -0.3 is 5.73 Å². The molecule has 0 atom stereocenters. The third kappa shape index (κ3) is 2.14. The van der Waals surface area contributed by atoms with Crippen LogP contribution in [0.3, 0.4) is 0 Å². The number of rotatable bonds is 2. The first-order chi connectivity index (χ1) is 7.56. The fraction of sp³-hybridized carbons (Fsp3) is 0.167. The maximum absolute atomic E-state index is 10.8. The van der Waals surface area contributed by atoms with Crippen molar-refractivity contribution in [1.82, 2.24) is 4.98 Å². The van der Waals surface area contributed by atoms with Gasteiger partial charge in [0.1, 0.15) is 0 Å². The first-order valence-electron chi connectivity index (χ1n) is 4.90. The van der Waals surface area contributed by atoms with Crippen molar-refractivity contribution in [2.45, 2.75) is 13.3 Å². The minimum Gasteiger partial charge on any atom is -0.369 e. The highest BCUT2D eigenvalue weighted by atomic mass is 35.5. The van der Waals surface area contributed by atoms with Crippen molar-refractivity contribution in [3.63, 3.8) is 0 Å². The SMILES string of the molecule is Cc1cc(Cl)c2ccc(CC(N)=O)cc2n1. The zero-order chi connectivity index (χ0) is 11.7. The zero-order valence-electron chi connectivity index (χ0n) is 8.83. The number of fused-ring (bicyclic) bond motifs is 1. The molecule has 1 amide bonds. The van der Waals surface area contributed by atoms with E-state index in [0.29, 0.717) is 5.02 Å². The van der Waals surface area contributed by atoms with Crippen molar-refractivity contribution in [3.05, 3.63) is 40.5 Å². The van der Waals surface area contributed by atoms with Crippen LogP contribution in [-0.2, 0) is 11.2 Å². The lowest BCUT2D eigenvalue weighted by atomic mass is 10.1. The van der Waals surface area contributed by atoms with Crippen molar-refractivity contribution >= 4 is 28.4 Å². The summed E-state index contributed by atoms with van der Waals surface area (Å²) in [5.74, 6) is -0.349. The average molecular weight is 235 g/mol. The highest BCUT2D eigenvalue weighted by molar-refractivity contribution is 6.35. The van der Waals surface area contributed by atoms with Crippen LogP contribution >= 0.6 is 11.6 Å². The molecule has 0 spiro atoms. The lowest BCUT2D eigenvalue weighted by molar-refractivity contribution is -0.117. The molecule has 1 aromatic carbocycles. The Labute approximate surface area is 98.2 Å². The minimum absolute atomic E-state index is 0.225. The van der Waals surface area contributed by atoms with Gasteiger partial charge >= 0.3 is 0 Å². The van der Waals surface area contributed by atoms with Gasteiger partial charge in [0.05, 0.1) is 17.0 Å². The molecule has 1 heterocycles. The summed E-state index contributed by atoms with van der Waals surface area (Å²) in [6.45, 7) is 1.88. The number of carbonyl (C=O) groups is 1. The number of amides is 1. The van der Waals surface area contributed by atoms with Gasteiger partial charge in [-0.25, -0.2) is 0 Å². The molecule has 2 aromatic rings. The molecule has 0 aliphatic rings. The van der Waals surface area contributed by atoms with E-state index in [2.05, 4.69) is 4.98 Å². The van der Waals surface area contributed by atoms with Gasteiger partial charge in [-0.05, 0) is 24.6 Å². The second kappa shape index (κ2) is 4.10. The van der Waals surface area contributed by atoms with Crippen LogP contribution in [0.1, 0.15) is 11.3 Å². The molecule has 4 heteroatoms. The molecule has 0 bridgehead atoms. The topological polar surface area (TPSA) is 56.0 Å². The number of carbonyl (C=O) groups excluding carboxylic acids is 1. The van der Waals surface area contributed by atoms with E-state index in [0.717, 1.165) is 22.2 Å². The van der Waals surface area contributed by atoms with E-state index < -0.39 is 0 Å². The van der Waals surface area contributed by atoms with Gasteiger partial charge in [0, 0.05) is 11.1 Å². The number of aromatic nitrogens is 1. The first-order valence-corrected chi connectivity index (χ1v) is 5.28. The summed E-state index contributed by atoms with van der Waals surface area (Å²) in [4.78, 5) is 15.2. The highest BCUT2D eigenvalue weighted by Gasteiger charge is 2.04. The Morgan fingerprint density at radius 2 is 2.19 bits per heavy atom. The quantitative estimate of drug-likeness (QED) is 0.866. The van der Waals surface area contributed by atoms with Crippen LogP contribution in [0.15, 0.2) is 24.3 Å². The Morgan fingerprint density at radius 1 is 1.44 bits per heavy atom. The highest BCUT2D eigenvalue weighted by Crippen LogP contribution is 2.23. The van der Waals surface area contributed by atoms with Gasteiger partial charge in [-0.1, -0.05) is 23.7 Å². The molecule has 82 valence electrons. The number of hydrogen-bond acceptors (Lipinski definition) is 2. The van der Waals surface area contributed by atoms with Crippen LogP contribution in [0.5, 0.6) is 0 Å². The third-order valence-electron chi connectivity index (χ3n) is 2.33. The van der Waals surface area contributed by atoms with Crippen molar-refractivity contribution in [3.8, 4) is 0 Å². The lowest BCUT2D eigenvalue weighted by Crippen LogP contribution is -2.13. The summed E-state index contributed by atoms with van der Waals surface area (Å²) in [5.41, 5.74) is 7.65. The minimum atomic E-state index is -0.349. The molecule has 16 heavy (non-hydrogen) atoms. The molecule has 2 rings (SSSR count). The van der Waals surface area contributed by atoms with Crippen LogP contribution in [0.2, 0.25) is 5.02 Å². The van der Waals surface area contributed by atoms with Crippen LogP contribution in [0.4, 0.5) is 0 Å². The summed E-state index contributed by atoms with van der Waals surface area (Å²) in [6, 6.07) is 7.37. The van der Waals surface area contributed by atoms with E-state index in [4.69, 9.17) is 17.3 Å². The summed E-state index contributed by atoms with van der Waals surface area (Å²) in [5, 5.41) is 1.56. The molecular formula is C12H11ClN2O. The molecule has 0 aliphatic heterocycles. The Hall–Kier alpha value is -1.61. The van der Waals surface area contributed by atoms with Gasteiger partial charge in [0.25, 0.3) is 0 Å². The molecule has 2 N–H and O–H groups in total. The van der Waals surface area contributed by atoms with Gasteiger partial charge in [-0.3, -0.25) is 9.78 Å². The van der Waals surface area contributed by atoms with Gasteiger partial charge in [-0.15, -0.1) is 0 Å². The monoisotopic (exact) mass is 234 g/mol. The molecule has 0 saturated heterocycles. The number of pyridine rings is 1. The Morgan fingerprint density at radius 3 is 2.88 bits per heavy atom. The number of nitrogens with two attached hydrogens (primary N) is 1. The fourth-order valence-electron chi connectivity index (χ4n) is 1.67. The van der Waals surface area contributed by atoms with E-state index in [-0.39, 0.29) is 12.3 Å². The standard InChI is InChI=1S/C12H11ClN2O/c1-7-4-10(13)9-3-2-8(6-12(14)16)5-11(9)15-7/h2-5H,6H2,1H3,(H2,14,16). The summed E-state index contributed by atoms with van der Waals surface area (Å²) >= 11 is 6.09. The lowest BCUT2D eigenvalue weighted by Gasteiger charge is -2.04. The molecular weight excluding hydrogens is 224 g/mol. The van der Waals surface area contributed by atoms with Gasteiger partial charge in [0.15, 0.2) is 0 Å². The van der Waals surface area contributed by atoms with Crippen molar-refractivity contribution in [2.75, 3.05) is 0 Å². The number of hydrogen-bond donors (Lipinski definition) is 1. The number of benzene rings is 1. The smallest absolute Gasteiger partial charge is 0.221 e. The predicted molar refractivity (Wildman–Crippen MR) is 64.4 cm³/mol. The van der Waals surface area contributed by atoms with E-state index in [9.17, 15) is 4.79 Å². The Bertz CT molecular complexity index is 566. The molecule has 0 aliphatic carbocycles. The number of primary amides is 1. The summed E-state index contributed by atoms with van der Waals surface area (Å²) in [6.07, 6.45) is 0.225. The van der Waals surface area contributed by atoms with E-state index in [1.165, 1.54) is 0 Å². The average Bonchev–Trinajstić information content (AvgIpc) is 2.15. The zero-order valence-corrected chi connectivity index (χ0v) is 9.58. The van der Waals surface area contributed by atoms with E-state index in [1.54, 1.807) is 0 Å². The molecule has 0 radical (unpaired) electrons. The summed E-state index contributed by atoms with van der Waals surface area (Å²) in [7, 11) is 0. The Kier molecular flexibility index (Phi) is 2.79. The number of halogens is 1. The number of aryl methyl sites for hydroxylation is 1. The third-order valence-corrected chi connectivity index (χ3v) is 2.64. The molecule has 0 fully saturated rings. The molecule has 0 unspecified atom stereocenters. The van der Waals surface area contributed by atoms with Crippen molar-refractivity contribution in [2.24, 2.45) is 5.73 Å². The van der Waals surface area contributed by atoms with E-state index >= 15 is 0 Å². The summed E-state index contributed by atoms with van der Waals surface area (Å²) < 4.78 is 0. The second-order valence-corrected chi connectivity index (χ2v) is 4.15. The largest absolute Gasteiger partial charge is 0.369 e. The van der Waals surface area contributed by atoms with Crippen molar-refractivity contribution in [1.29, 1.82) is 0 Å². The van der Waals surface area contributed by atoms with Crippen LogP contribution in [-0.4, -0.2) is 10.9 Å². The first kappa shape index (κ1) is 10.9. The molecule has 1 aromatic heterocycles. The fourth-order valence-corrected chi connectivity index (χ4v) is 1.98. The van der Waals surface area contributed by atoms with Crippen LogP contribution in [0, 0.1) is 6.92 Å². The van der Waals surface area contributed by atoms with Gasteiger partial charge in [0.2, 0.25) is 5.91 Å². The predicted octanol–water partition coefficient (Wildman–Crippen LogP) is 2.22. The second-order valence-electron chi connectivity index (χ2n) is 3.74. The Balaban J connectivity index is 2.57. The molecule has 0 saturated carbocycles.